The number of rotatable bonds is 3. The van der Waals surface area contributed by atoms with Crippen molar-refractivity contribution in [1.82, 2.24) is 9.78 Å². The third-order valence-electron chi connectivity index (χ3n) is 2.61. The van der Waals surface area contributed by atoms with Crippen LogP contribution in [0.4, 0.5) is 13.2 Å². The van der Waals surface area contributed by atoms with E-state index in [4.69, 9.17) is 11.6 Å². The van der Waals surface area contributed by atoms with Crippen molar-refractivity contribution in [3.8, 4) is 0 Å². The molecule has 1 aromatic carbocycles. The summed E-state index contributed by atoms with van der Waals surface area (Å²) in [5.41, 5.74) is -1.47. The van der Waals surface area contributed by atoms with Crippen molar-refractivity contribution in [1.29, 1.82) is 0 Å². The van der Waals surface area contributed by atoms with Gasteiger partial charge < -0.3 is 4.84 Å². The molecule has 0 radical (unpaired) electrons. The Morgan fingerprint density at radius 2 is 2.00 bits per heavy atom. The Morgan fingerprint density at radius 3 is 2.59 bits per heavy atom. The average molecular weight is 332 g/mol. The van der Waals surface area contributed by atoms with Crippen LogP contribution in [0, 0.1) is 0 Å². The number of aromatic nitrogens is 2. The number of halogens is 4. The second kappa shape index (κ2) is 6.18. The average Bonchev–Trinajstić information content (AvgIpc) is 2.76. The summed E-state index contributed by atoms with van der Waals surface area (Å²) in [6.45, 7) is 0. The molecule has 116 valence electrons. The number of oxime groups is 1. The third-order valence-corrected chi connectivity index (χ3v) is 3.06. The van der Waals surface area contributed by atoms with E-state index in [0.29, 0.717) is 6.21 Å². The quantitative estimate of drug-likeness (QED) is 0.492. The van der Waals surface area contributed by atoms with Crippen LogP contribution in [0.25, 0.3) is 0 Å². The van der Waals surface area contributed by atoms with Crippen LogP contribution in [0.1, 0.15) is 21.6 Å². The Hall–Kier alpha value is -2.35. The summed E-state index contributed by atoms with van der Waals surface area (Å²) >= 11 is 5.72. The van der Waals surface area contributed by atoms with Gasteiger partial charge >= 0.3 is 12.1 Å². The second-order valence-electron chi connectivity index (χ2n) is 4.15. The molecule has 1 heterocycles. The van der Waals surface area contributed by atoms with Crippen molar-refractivity contribution in [3.63, 3.8) is 0 Å². The van der Waals surface area contributed by atoms with Gasteiger partial charge in [0, 0.05) is 7.05 Å². The Labute approximate surface area is 127 Å². The first-order chi connectivity index (χ1) is 10.3. The van der Waals surface area contributed by atoms with Crippen molar-refractivity contribution in [3.05, 3.63) is 52.3 Å². The molecule has 0 aliphatic heterocycles. The number of aryl methyl sites for hydroxylation is 1. The van der Waals surface area contributed by atoms with E-state index in [1.165, 1.54) is 19.2 Å². The Kier molecular flexibility index (Phi) is 4.51. The molecule has 0 saturated heterocycles. The van der Waals surface area contributed by atoms with E-state index < -0.39 is 23.4 Å². The van der Waals surface area contributed by atoms with Crippen LogP contribution in [0.5, 0.6) is 0 Å². The van der Waals surface area contributed by atoms with Crippen molar-refractivity contribution in [2.24, 2.45) is 12.2 Å². The van der Waals surface area contributed by atoms with Crippen molar-refractivity contribution in [2.45, 2.75) is 6.18 Å². The van der Waals surface area contributed by atoms with E-state index in [9.17, 15) is 18.0 Å². The first-order valence-corrected chi connectivity index (χ1v) is 6.28. The Balaban J connectivity index is 2.19. The number of benzene rings is 1. The van der Waals surface area contributed by atoms with Crippen LogP contribution >= 0.6 is 11.6 Å². The van der Waals surface area contributed by atoms with E-state index in [1.807, 2.05) is 0 Å². The fourth-order valence-electron chi connectivity index (χ4n) is 1.60. The molecule has 0 aliphatic rings. The molecule has 2 rings (SSSR count). The van der Waals surface area contributed by atoms with E-state index >= 15 is 0 Å². The van der Waals surface area contributed by atoms with E-state index in [0.717, 1.165) is 4.68 Å². The number of alkyl halides is 3. The molecule has 0 fully saturated rings. The largest absolute Gasteiger partial charge is 0.435 e. The lowest BCUT2D eigenvalue weighted by atomic mass is 10.2. The summed E-state index contributed by atoms with van der Waals surface area (Å²) in [4.78, 5) is 16.1. The molecule has 0 unspecified atom stereocenters. The van der Waals surface area contributed by atoms with Gasteiger partial charge in [-0.25, -0.2) is 4.79 Å². The van der Waals surface area contributed by atoms with Gasteiger partial charge in [0.2, 0.25) is 0 Å². The summed E-state index contributed by atoms with van der Waals surface area (Å²) in [6, 6.07) is 7.89. The third kappa shape index (κ3) is 3.45. The minimum Gasteiger partial charge on any atom is -0.313 e. The van der Waals surface area contributed by atoms with Gasteiger partial charge in [-0.3, -0.25) is 4.68 Å². The molecule has 9 heteroatoms. The number of carbonyl (C=O) groups excluding carboxylic acids is 1. The van der Waals surface area contributed by atoms with Gasteiger partial charge in [0.15, 0.2) is 5.69 Å². The second-order valence-corrected chi connectivity index (χ2v) is 4.51. The number of nitrogens with zero attached hydrogens (tertiary/aromatic N) is 3. The minimum atomic E-state index is -4.70. The maximum atomic E-state index is 12.8. The Morgan fingerprint density at radius 1 is 1.36 bits per heavy atom. The number of hydrogen-bond acceptors (Lipinski definition) is 4. The van der Waals surface area contributed by atoms with Crippen molar-refractivity contribution < 1.29 is 22.8 Å². The summed E-state index contributed by atoms with van der Waals surface area (Å²) in [7, 11) is 1.25. The molecule has 0 atom stereocenters. The maximum Gasteiger partial charge on any atom is 0.435 e. The molecule has 0 aliphatic carbocycles. The molecule has 0 N–H and O–H groups in total. The minimum absolute atomic E-state index is 0.216. The molecule has 0 spiro atoms. The van der Waals surface area contributed by atoms with Crippen LogP contribution in [-0.4, -0.2) is 22.0 Å². The van der Waals surface area contributed by atoms with Crippen LogP contribution in [0.3, 0.4) is 0 Å². The van der Waals surface area contributed by atoms with Gasteiger partial charge in [-0.05, 0) is 12.1 Å². The van der Waals surface area contributed by atoms with Crippen LogP contribution in [0.2, 0.25) is 5.15 Å². The first-order valence-electron chi connectivity index (χ1n) is 5.90. The molecule has 0 amide bonds. The fraction of sp³-hybridized carbons (Fsp3) is 0.154. The summed E-state index contributed by atoms with van der Waals surface area (Å²) in [5.74, 6) is -0.801. The Bertz CT molecular complexity index is 711. The van der Waals surface area contributed by atoms with E-state index in [2.05, 4.69) is 15.1 Å². The molecular weight excluding hydrogens is 323 g/mol. The highest BCUT2D eigenvalue weighted by Crippen LogP contribution is 2.33. The van der Waals surface area contributed by atoms with E-state index in [-0.39, 0.29) is 10.7 Å². The fourth-order valence-corrected chi connectivity index (χ4v) is 1.77. The highest BCUT2D eigenvalue weighted by atomic mass is 35.5. The summed E-state index contributed by atoms with van der Waals surface area (Å²) in [5, 5.41) is 6.25. The molecule has 5 nitrogen and oxygen atoms in total. The van der Waals surface area contributed by atoms with Crippen molar-refractivity contribution in [2.75, 3.05) is 0 Å². The standard InChI is InChI=1S/C13H9ClF3N3O2/c1-20-11(14)9(10(19-20)13(15,16)17)7-18-22-12(21)8-5-3-2-4-6-8/h2-7H,1H3. The molecule has 1 aromatic heterocycles. The molecule has 22 heavy (non-hydrogen) atoms. The van der Waals surface area contributed by atoms with Gasteiger partial charge in [-0.1, -0.05) is 35.0 Å². The molecule has 0 saturated carbocycles. The highest BCUT2D eigenvalue weighted by molar-refractivity contribution is 6.32. The normalized spacial score (nSPS) is 11.9. The summed E-state index contributed by atoms with van der Waals surface area (Å²) in [6.07, 6.45) is -3.99. The number of carbonyl (C=O) groups is 1. The smallest absolute Gasteiger partial charge is 0.313 e. The van der Waals surface area contributed by atoms with Gasteiger partial charge in [0.05, 0.1) is 17.3 Å². The van der Waals surface area contributed by atoms with Gasteiger partial charge in [0.1, 0.15) is 5.15 Å². The lowest BCUT2D eigenvalue weighted by molar-refractivity contribution is -0.141. The number of hydrogen-bond donors (Lipinski definition) is 0. The van der Waals surface area contributed by atoms with Gasteiger partial charge in [-0.2, -0.15) is 18.3 Å². The van der Waals surface area contributed by atoms with Crippen molar-refractivity contribution >= 4 is 23.8 Å². The zero-order valence-corrected chi connectivity index (χ0v) is 11.9. The van der Waals surface area contributed by atoms with Crippen LogP contribution in [-0.2, 0) is 18.1 Å². The van der Waals surface area contributed by atoms with Crippen LogP contribution < -0.4 is 0 Å². The maximum absolute atomic E-state index is 12.8. The summed E-state index contributed by atoms with van der Waals surface area (Å²) < 4.78 is 39.2. The van der Waals surface area contributed by atoms with Crippen LogP contribution in [0.15, 0.2) is 35.5 Å². The zero-order chi connectivity index (χ0) is 16.3. The highest BCUT2D eigenvalue weighted by Gasteiger charge is 2.38. The zero-order valence-electron chi connectivity index (χ0n) is 11.1. The molecular formula is C13H9ClF3N3O2. The lowest BCUT2D eigenvalue weighted by Crippen LogP contribution is -2.09. The molecule has 2 aromatic rings. The first kappa shape index (κ1) is 16.0. The topological polar surface area (TPSA) is 56.5 Å². The predicted octanol–water partition coefficient (Wildman–Crippen LogP) is 3.28. The lowest BCUT2D eigenvalue weighted by Gasteiger charge is -2.02. The van der Waals surface area contributed by atoms with Gasteiger partial charge in [-0.15, -0.1) is 0 Å². The van der Waals surface area contributed by atoms with Gasteiger partial charge in [0.25, 0.3) is 0 Å². The predicted molar refractivity (Wildman–Crippen MR) is 72.7 cm³/mol. The van der Waals surface area contributed by atoms with E-state index in [1.54, 1.807) is 18.2 Å². The molecule has 0 bridgehead atoms. The SMILES string of the molecule is Cn1nc(C(F)(F)F)c(C=NOC(=O)c2ccccc2)c1Cl. The monoisotopic (exact) mass is 331 g/mol.